The maximum Gasteiger partial charge on any atom is 0.409 e. The molecule has 1 aromatic heterocycles. The molecule has 19 nitrogen and oxygen atoms in total. The number of morpholine rings is 1. The Bertz CT molecular complexity index is 2430. The van der Waals surface area contributed by atoms with E-state index in [0.29, 0.717) is 13.2 Å². The third kappa shape index (κ3) is 9.63. The Morgan fingerprint density at radius 3 is 2.43 bits per heavy atom. The number of rotatable bonds is 15. The van der Waals surface area contributed by atoms with Gasteiger partial charge in [0.2, 0.25) is 11.6 Å². The van der Waals surface area contributed by atoms with E-state index < -0.39 is 95.7 Å². The molecule has 4 heterocycles. The number of pyridine rings is 1. The van der Waals surface area contributed by atoms with Crippen LogP contribution in [-0.2, 0) is 39.6 Å². The van der Waals surface area contributed by atoms with E-state index in [2.05, 4.69) is 9.88 Å². The first-order valence-corrected chi connectivity index (χ1v) is 24.7. The molecule has 3 aliphatic heterocycles. The van der Waals surface area contributed by atoms with Gasteiger partial charge in [-0.15, -0.1) is 0 Å². The predicted octanol–water partition coefficient (Wildman–Crippen LogP) is 4.89. The van der Waals surface area contributed by atoms with Crippen LogP contribution in [0.1, 0.15) is 89.1 Å². The number of fused-ring (bicyclic) bond motifs is 6. The molecule has 2 aromatic carbocycles. The summed E-state index contributed by atoms with van der Waals surface area (Å²) in [5.41, 5.74) is -3.85. The molecule has 0 radical (unpaired) electrons. The predicted molar refractivity (Wildman–Crippen MR) is 245 cm³/mol. The number of aliphatic hydroxyl groups is 1. The smallest absolute Gasteiger partial charge is 0.409 e. The van der Waals surface area contributed by atoms with Gasteiger partial charge in [-0.3, -0.25) is 19.3 Å². The number of likely N-dealkylation sites (N-methyl/N-ethyl adjacent to an activating group) is 2. The molecule has 2 aliphatic carbocycles. The number of benzene rings is 2. The second-order valence-electron chi connectivity index (χ2n) is 17.6. The first-order chi connectivity index (χ1) is 32.5. The van der Waals surface area contributed by atoms with Crippen LogP contribution in [0.4, 0.5) is 9.59 Å². The summed E-state index contributed by atoms with van der Waals surface area (Å²) in [5.74, 6) is -3.84. The number of Topliss-reactive ketones (excluding diaryl/α,β-unsaturated/α-hetero) is 1. The Labute approximate surface area is 401 Å². The number of phenolic OH excluding ortho intramolecular Hbond substituents is 2. The van der Waals surface area contributed by atoms with Crippen molar-refractivity contribution in [3.8, 4) is 17.2 Å². The molecular formula is C47H56N4O15S2. The van der Waals surface area contributed by atoms with Crippen molar-refractivity contribution in [2.75, 3.05) is 60.7 Å². The minimum atomic E-state index is -2.39. The number of aromatic hydroxyl groups is 2. The van der Waals surface area contributed by atoms with Gasteiger partial charge in [0.1, 0.15) is 46.8 Å². The molecule has 9 atom stereocenters. The molecule has 0 spiro atoms. The average molecular weight is 981 g/mol. The van der Waals surface area contributed by atoms with Gasteiger partial charge < -0.3 is 58.3 Å². The number of nitrogens with zero attached hydrogens (tertiary/aromatic N) is 4. The molecule has 3 N–H and O–H groups in total. The molecule has 0 saturated carbocycles. The van der Waals surface area contributed by atoms with Gasteiger partial charge in [-0.05, 0) is 49.3 Å². The van der Waals surface area contributed by atoms with Crippen LogP contribution in [0.25, 0.3) is 0 Å². The van der Waals surface area contributed by atoms with Gasteiger partial charge in [0.25, 0.3) is 0 Å². The topological polar surface area (TPSA) is 233 Å². The van der Waals surface area contributed by atoms with Gasteiger partial charge in [0.05, 0.1) is 48.7 Å². The lowest BCUT2D eigenvalue weighted by molar-refractivity contribution is -0.247. The van der Waals surface area contributed by atoms with Crippen LogP contribution in [0.2, 0.25) is 0 Å². The monoisotopic (exact) mass is 980 g/mol. The fourth-order valence-corrected chi connectivity index (χ4v) is 11.4. The van der Waals surface area contributed by atoms with Gasteiger partial charge in [0, 0.05) is 87.2 Å². The Kier molecular flexibility index (Phi) is 14.9. The van der Waals surface area contributed by atoms with Crippen LogP contribution < -0.4 is 4.74 Å². The summed E-state index contributed by atoms with van der Waals surface area (Å²) in [6, 6.07) is 9.84. The molecule has 3 aromatic rings. The molecular weight excluding hydrogens is 925 g/mol. The third-order valence-corrected chi connectivity index (χ3v) is 15.9. The highest BCUT2D eigenvalue weighted by Crippen LogP contribution is 2.53. The summed E-state index contributed by atoms with van der Waals surface area (Å²) in [4.78, 5) is 77.3. The molecule has 8 rings (SSSR count). The van der Waals surface area contributed by atoms with Crippen LogP contribution >= 0.6 is 21.6 Å². The van der Waals surface area contributed by atoms with Crippen LogP contribution in [-0.4, -0.2) is 173 Å². The summed E-state index contributed by atoms with van der Waals surface area (Å²) < 4.78 is 41.6. The zero-order chi connectivity index (χ0) is 48.6. The highest BCUT2D eigenvalue weighted by Gasteiger charge is 2.55. The first kappa shape index (κ1) is 49.4. The van der Waals surface area contributed by atoms with Crippen molar-refractivity contribution in [1.82, 2.24) is 19.7 Å². The van der Waals surface area contributed by atoms with Crippen molar-refractivity contribution < 1.29 is 72.5 Å². The van der Waals surface area contributed by atoms with E-state index >= 15 is 0 Å². The quantitative estimate of drug-likeness (QED) is 0.106. The van der Waals surface area contributed by atoms with Crippen LogP contribution in [0.15, 0.2) is 47.6 Å². The zero-order valence-electron chi connectivity index (χ0n) is 38.6. The van der Waals surface area contributed by atoms with Gasteiger partial charge in [-0.2, -0.15) is 0 Å². The molecule has 5 aliphatic rings. The Hall–Kier alpha value is -5.00. The lowest BCUT2D eigenvalue weighted by Gasteiger charge is -2.43. The number of amides is 2. The van der Waals surface area contributed by atoms with Gasteiger partial charge >= 0.3 is 12.2 Å². The standard InChI is InChI=1S/C47H56N4O15S2/c1-7-29-44-51(17-18-61-29)28-19-34(64-25(3)43(28)66-44)65-31-21-47(59,20-27-36(31)42(56)38-37(40(27)54)39(53)26-11-10-12-30(60-6)35(26)41(38)55)32(52)23-63-46(58)50(5)16-15-49(4)45(57)62-22-24(2)67-68-33-13-8-9-14-48-33/h8-14,24-25,28-29,31,34,43-44,54,56,59H,7,15-23H2,1-6H3/t24?,25-,28-,29+,31-,34-,43+,44+,47-/m0/s1. The Balaban J connectivity index is 0.976. The molecule has 1 unspecified atom stereocenters. The molecule has 0 bridgehead atoms. The van der Waals surface area contributed by atoms with Gasteiger partial charge in [-0.25, -0.2) is 14.6 Å². The number of carbonyl (C=O) groups excluding carboxylic acids is 5. The van der Waals surface area contributed by atoms with E-state index in [9.17, 15) is 39.3 Å². The summed E-state index contributed by atoms with van der Waals surface area (Å²) in [6.07, 6.45) is -3.64. The van der Waals surface area contributed by atoms with Crippen molar-refractivity contribution in [3.05, 3.63) is 76.0 Å². The number of phenols is 2. The van der Waals surface area contributed by atoms with E-state index in [0.717, 1.165) is 16.3 Å². The lowest BCUT2D eigenvalue weighted by Crippen LogP contribution is -2.55. The Morgan fingerprint density at radius 1 is 0.985 bits per heavy atom. The van der Waals surface area contributed by atoms with E-state index in [1.807, 2.05) is 39.0 Å². The van der Waals surface area contributed by atoms with Crippen molar-refractivity contribution in [2.45, 2.75) is 105 Å². The second kappa shape index (κ2) is 20.5. The lowest BCUT2D eigenvalue weighted by atomic mass is 9.72. The van der Waals surface area contributed by atoms with Crippen molar-refractivity contribution in [3.63, 3.8) is 0 Å². The third-order valence-electron chi connectivity index (χ3n) is 13.1. The van der Waals surface area contributed by atoms with Crippen molar-refractivity contribution in [2.24, 2.45) is 0 Å². The maximum atomic E-state index is 14.2. The fraction of sp³-hybridized carbons (Fsp3) is 0.532. The number of ether oxygens (including phenoxy) is 7. The fourth-order valence-electron chi connectivity index (χ4n) is 9.50. The van der Waals surface area contributed by atoms with Crippen molar-refractivity contribution >= 4 is 51.1 Å². The van der Waals surface area contributed by atoms with E-state index in [1.165, 1.54) is 65.9 Å². The number of hydrogen-bond donors (Lipinski definition) is 3. The normalized spacial score (nSPS) is 26.6. The molecule has 21 heteroatoms. The minimum Gasteiger partial charge on any atom is -0.507 e. The van der Waals surface area contributed by atoms with E-state index in [1.54, 1.807) is 6.20 Å². The van der Waals surface area contributed by atoms with Crippen LogP contribution in [0.3, 0.4) is 0 Å². The summed E-state index contributed by atoms with van der Waals surface area (Å²) in [5, 5.41) is 37.2. The number of carbonyl (C=O) groups is 5. The molecule has 3 saturated heterocycles. The van der Waals surface area contributed by atoms with Gasteiger partial charge in [0.15, 0.2) is 18.7 Å². The zero-order valence-corrected chi connectivity index (χ0v) is 40.2. The van der Waals surface area contributed by atoms with Gasteiger partial charge in [-0.1, -0.05) is 35.9 Å². The van der Waals surface area contributed by atoms with E-state index in [-0.39, 0.29) is 83.8 Å². The first-order valence-electron chi connectivity index (χ1n) is 22.5. The highest BCUT2D eigenvalue weighted by atomic mass is 33.1. The second-order valence-corrected chi connectivity index (χ2v) is 20.3. The van der Waals surface area contributed by atoms with Crippen molar-refractivity contribution in [1.29, 1.82) is 0 Å². The number of ketones is 3. The molecule has 68 heavy (non-hydrogen) atoms. The van der Waals surface area contributed by atoms with Crippen LogP contribution in [0.5, 0.6) is 17.2 Å². The number of aromatic nitrogens is 1. The minimum absolute atomic E-state index is 0.00300. The Morgan fingerprint density at radius 2 is 1.72 bits per heavy atom. The van der Waals surface area contributed by atoms with Crippen LogP contribution in [0, 0.1) is 0 Å². The van der Waals surface area contributed by atoms with E-state index in [4.69, 9.17) is 33.2 Å². The number of hydrogen-bond acceptors (Lipinski definition) is 19. The average Bonchev–Trinajstić information content (AvgIpc) is 3.72. The highest BCUT2D eigenvalue weighted by molar-refractivity contribution is 8.76. The largest absolute Gasteiger partial charge is 0.507 e. The SMILES string of the molecule is CC[C@H]1OCCN2[C@@H]1O[C@@H]1[C@H](C)O[C@@H](O[C@H]3C[C@](O)(C(=O)COC(=O)N(C)CCN(C)C(=O)OCC(C)SSc4ccccn4)Cc4c(O)c5c(c(O)c43)C(=O)c3c(OC)cccc3C5=O)C[C@@H]12. The summed E-state index contributed by atoms with van der Waals surface area (Å²) in [7, 11) is 7.25. The molecule has 2 amide bonds. The molecule has 366 valence electrons. The summed E-state index contributed by atoms with van der Waals surface area (Å²) in [6.45, 7) is 6.19. The summed E-state index contributed by atoms with van der Waals surface area (Å²) >= 11 is 0. The number of methoxy groups -OCH3 is 1. The molecule has 3 fully saturated rings. The maximum absolute atomic E-state index is 14.2.